The Morgan fingerprint density at radius 1 is 1.15 bits per heavy atom. The molecule has 12 heteroatoms. The number of amides is 1. The van der Waals surface area contributed by atoms with Crippen molar-refractivity contribution in [2.24, 2.45) is 11.8 Å². The van der Waals surface area contributed by atoms with E-state index in [9.17, 15) is 22.4 Å². The highest BCUT2D eigenvalue weighted by Gasteiger charge is 2.54. The first-order valence-corrected chi connectivity index (χ1v) is 10.8. The van der Waals surface area contributed by atoms with E-state index >= 15 is 0 Å². The Bertz CT molecular complexity index is 1250. The Hall–Kier alpha value is -3.57. The van der Waals surface area contributed by atoms with Crippen LogP contribution >= 0.6 is 0 Å². The molecule has 2 saturated heterocycles. The molecule has 2 aliphatic heterocycles. The normalized spacial score (nSPS) is 24.1. The molecule has 1 aliphatic carbocycles. The van der Waals surface area contributed by atoms with Crippen LogP contribution in [0.25, 0.3) is 5.69 Å². The summed E-state index contributed by atoms with van der Waals surface area (Å²) >= 11 is 0. The van der Waals surface area contributed by atoms with Crippen LogP contribution in [0.4, 0.5) is 23.4 Å². The average molecular weight is 475 g/mol. The number of fused-ring (bicyclic) bond motifs is 2. The van der Waals surface area contributed by atoms with Crippen molar-refractivity contribution >= 4 is 11.7 Å². The van der Waals surface area contributed by atoms with Gasteiger partial charge < -0.3 is 10.6 Å². The lowest BCUT2D eigenvalue weighted by Gasteiger charge is -2.57. The lowest BCUT2D eigenvalue weighted by atomic mass is 9.63. The Morgan fingerprint density at radius 3 is 2.47 bits per heavy atom. The SMILES string of the molecule is Cc1nc(C(F)(F)F)c([C@H]2[C@@H](C)C3CC(C3)N2C(=O)c2cc(F)ccc2-n2nccn2)nc1N. The number of anilines is 1. The van der Waals surface area contributed by atoms with Gasteiger partial charge in [-0.25, -0.2) is 14.4 Å². The first-order chi connectivity index (χ1) is 16.1. The smallest absolute Gasteiger partial charge is 0.382 e. The van der Waals surface area contributed by atoms with E-state index in [4.69, 9.17) is 5.73 Å². The van der Waals surface area contributed by atoms with Crippen LogP contribution in [0.2, 0.25) is 0 Å². The third-order valence-corrected chi connectivity index (χ3v) is 6.82. The molecule has 8 nitrogen and oxygen atoms in total. The van der Waals surface area contributed by atoms with Crippen LogP contribution < -0.4 is 5.73 Å². The molecule has 2 bridgehead atoms. The largest absolute Gasteiger partial charge is 0.435 e. The molecule has 0 unspecified atom stereocenters. The fourth-order valence-electron chi connectivity index (χ4n) is 4.99. The molecule has 3 fully saturated rings. The lowest BCUT2D eigenvalue weighted by Crippen LogP contribution is -2.59. The quantitative estimate of drug-likeness (QED) is 0.580. The Balaban J connectivity index is 1.66. The van der Waals surface area contributed by atoms with Crippen LogP contribution in [0.3, 0.4) is 0 Å². The van der Waals surface area contributed by atoms with E-state index in [1.165, 1.54) is 41.1 Å². The molecule has 34 heavy (non-hydrogen) atoms. The summed E-state index contributed by atoms with van der Waals surface area (Å²) in [7, 11) is 0. The molecule has 2 atom stereocenters. The highest BCUT2D eigenvalue weighted by Crippen LogP contribution is 2.54. The second kappa shape index (κ2) is 7.74. The molecule has 1 aromatic carbocycles. The summed E-state index contributed by atoms with van der Waals surface area (Å²) in [5.41, 5.74) is 4.43. The van der Waals surface area contributed by atoms with Crippen molar-refractivity contribution in [3.8, 4) is 5.69 Å². The van der Waals surface area contributed by atoms with E-state index in [1.807, 2.05) is 0 Å². The maximum atomic E-state index is 14.2. The van der Waals surface area contributed by atoms with Gasteiger partial charge in [0.15, 0.2) is 5.69 Å². The lowest BCUT2D eigenvalue weighted by molar-refractivity contribution is -0.144. The van der Waals surface area contributed by atoms with Crippen LogP contribution in [0.5, 0.6) is 0 Å². The maximum Gasteiger partial charge on any atom is 0.435 e. The third-order valence-electron chi connectivity index (χ3n) is 6.82. The molecule has 3 aromatic rings. The van der Waals surface area contributed by atoms with Crippen LogP contribution in [0.1, 0.15) is 53.2 Å². The zero-order chi connectivity index (χ0) is 24.4. The highest BCUT2D eigenvalue weighted by atomic mass is 19.4. The summed E-state index contributed by atoms with van der Waals surface area (Å²) in [5, 5.41) is 8.04. The number of aromatic nitrogens is 5. The summed E-state index contributed by atoms with van der Waals surface area (Å²) in [6.45, 7) is 3.15. The topological polar surface area (TPSA) is 103 Å². The number of piperidine rings is 2. The molecule has 3 aliphatic rings. The summed E-state index contributed by atoms with van der Waals surface area (Å²) in [6, 6.07) is 2.23. The zero-order valence-electron chi connectivity index (χ0n) is 18.3. The monoisotopic (exact) mass is 475 g/mol. The number of benzene rings is 1. The van der Waals surface area contributed by atoms with Gasteiger partial charge in [0, 0.05) is 6.04 Å². The van der Waals surface area contributed by atoms with Crippen LogP contribution in [-0.2, 0) is 6.18 Å². The van der Waals surface area contributed by atoms with Crippen molar-refractivity contribution in [3.05, 3.63) is 59.1 Å². The van der Waals surface area contributed by atoms with Crippen molar-refractivity contribution in [3.63, 3.8) is 0 Å². The van der Waals surface area contributed by atoms with Crippen molar-refractivity contribution in [2.75, 3.05) is 5.73 Å². The van der Waals surface area contributed by atoms with Gasteiger partial charge in [-0.1, -0.05) is 6.92 Å². The number of hydrogen-bond donors (Lipinski definition) is 1. The second-order valence-corrected chi connectivity index (χ2v) is 8.81. The van der Waals surface area contributed by atoms with Crippen molar-refractivity contribution in [1.29, 1.82) is 0 Å². The van der Waals surface area contributed by atoms with Gasteiger partial charge in [0.25, 0.3) is 5.91 Å². The van der Waals surface area contributed by atoms with E-state index in [2.05, 4.69) is 20.2 Å². The van der Waals surface area contributed by atoms with Crippen molar-refractivity contribution in [1.82, 2.24) is 29.9 Å². The number of carbonyl (C=O) groups excluding carboxylic acids is 1. The molecule has 178 valence electrons. The summed E-state index contributed by atoms with van der Waals surface area (Å²) < 4.78 is 56.2. The zero-order valence-corrected chi connectivity index (χ0v) is 18.3. The van der Waals surface area contributed by atoms with Gasteiger partial charge in [0.1, 0.15) is 11.6 Å². The van der Waals surface area contributed by atoms with Crippen LogP contribution in [0, 0.1) is 24.6 Å². The van der Waals surface area contributed by atoms with Gasteiger partial charge in [-0.05, 0) is 49.8 Å². The standard InChI is InChI=1S/C22H21F4N7O/c1-10-12-7-14(8-12)32(18(10)17-19(22(24,25)26)30-11(2)20(27)31-17)21(34)15-9-13(23)3-4-16(15)33-28-5-6-29-33/h3-6,9-10,12,14,18H,7-8H2,1-2H3,(H2,27,31)/t10-,12?,14?,18+/m0/s1. The maximum absolute atomic E-state index is 14.2. The summed E-state index contributed by atoms with van der Waals surface area (Å²) in [5.74, 6) is -1.63. The van der Waals surface area contributed by atoms with Gasteiger partial charge >= 0.3 is 6.18 Å². The van der Waals surface area contributed by atoms with Gasteiger partial charge in [-0.3, -0.25) is 4.79 Å². The van der Waals surface area contributed by atoms with Gasteiger partial charge in [0.05, 0.1) is 41.1 Å². The number of nitrogens with two attached hydrogens (primary N) is 1. The minimum absolute atomic E-state index is 0.0419. The van der Waals surface area contributed by atoms with Gasteiger partial charge in [-0.15, -0.1) is 0 Å². The fourth-order valence-corrected chi connectivity index (χ4v) is 4.99. The van der Waals surface area contributed by atoms with E-state index in [0.717, 1.165) is 6.07 Å². The van der Waals surface area contributed by atoms with Crippen LogP contribution in [0.15, 0.2) is 30.6 Å². The Morgan fingerprint density at radius 2 is 1.82 bits per heavy atom. The van der Waals surface area contributed by atoms with Gasteiger partial charge in [0.2, 0.25) is 0 Å². The first-order valence-electron chi connectivity index (χ1n) is 10.8. The van der Waals surface area contributed by atoms with E-state index in [0.29, 0.717) is 12.8 Å². The number of rotatable bonds is 3. The van der Waals surface area contributed by atoms with Crippen molar-refractivity contribution < 1.29 is 22.4 Å². The third kappa shape index (κ3) is 3.48. The first kappa shape index (κ1) is 22.2. The number of aryl methyl sites for hydroxylation is 1. The number of carbonyl (C=O) groups is 1. The van der Waals surface area contributed by atoms with E-state index in [1.54, 1.807) is 6.92 Å². The molecule has 2 N–H and O–H groups in total. The fraction of sp³-hybridized carbons (Fsp3) is 0.409. The number of nitrogen functional groups attached to an aromatic ring is 1. The number of alkyl halides is 3. The number of halogens is 4. The summed E-state index contributed by atoms with van der Waals surface area (Å²) in [6.07, 6.45) is -0.700. The number of hydrogen-bond acceptors (Lipinski definition) is 6. The molecule has 2 aromatic heterocycles. The molecule has 4 heterocycles. The van der Waals surface area contributed by atoms with E-state index < -0.39 is 29.6 Å². The molecule has 1 saturated carbocycles. The molecular formula is C22H21F4N7O. The molecule has 6 rings (SSSR count). The summed E-state index contributed by atoms with van der Waals surface area (Å²) in [4.78, 5) is 24.2. The van der Waals surface area contributed by atoms with Crippen molar-refractivity contribution in [2.45, 2.75) is 44.9 Å². The highest BCUT2D eigenvalue weighted by molar-refractivity contribution is 5.98. The van der Waals surface area contributed by atoms with Crippen LogP contribution in [-0.4, -0.2) is 41.8 Å². The Kier molecular flexibility index (Phi) is 5.06. The van der Waals surface area contributed by atoms with Gasteiger partial charge in [-0.2, -0.15) is 28.2 Å². The molecule has 1 amide bonds. The minimum Gasteiger partial charge on any atom is -0.382 e. The number of nitrogens with zero attached hydrogens (tertiary/aromatic N) is 6. The van der Waals surface area contributed by atoms with E-state index in [-0.39, 0.29) is 46.3 Å². The Labute approximate surface area is 191 Å². The average Bonchev–Trinajstić information content (AvgIpc) is 3.27. The predicted molar refractivity (Wildman–Crippen MR) is 112 cm³/mol. The minimum atomic E-state index is -4.79. The molecular weight excluding hydrogens is 454 g/mol. The second-order valence-electron chi connectivity index (χ2n) is 8.81. The predicted octanol–water partition coefficient (Wildman–Crippen LogP) is 3.72. The molecule has 0 radical (unpaired) electrons. The molecule has 0 spiro atoms.